The van der Waals surface area contributed by atoms with Gasteiger partial charge in [-0.1, -0.05) is 80.5 Å². The van der Waals surface area contributed by atoms with E-state index in [0.29, 0.717) is 12.8 Å². The second-order valence-electron chi connectivity index (χ2n) is 6.33. The maximum Gasteiger partial charge on any atom is 0.103 e. The van der Waals surface area contributed by atoms with Crippen LogP contribution in [0.25, 0.3) is 0 Å². The van der Waals surface area contributed by atoms with E-state index < -0.39 is 12.1 Å². The Hall–Kier alpha value is -1.91. The van der Waals surface area contributed by atoms with Crippen LogP contribution in [0.5, 0.6) is 0 Å². The molecule has 3 atom stereocenters. The molecule has 26 heavy (non-hydrogen) atoms. The van der Waals surface area contributed by atoms with Crippen molar-refractivity contribution in [2.24, 2.45) is 0 Å². The molecular formula is C22H31O4-. The molecule has 0 aromatic heterocycles. The topological polar surface area (TPSA) is 72.9 Å². The summed E-state index contributed by atoms with van der Waals surface area (Å²) in [5, 5.41) is 20.0. The van der Waals surface area contributed by atoms with Crippen LogP contribution >= 0.6 is 0 Å². The highest BCUT2D eigenvalue weighted by molar-refractivity contribution is 5.64. The highest BCUT2D eigenvalue weighted by Gasteiger charge is 2.35. The number of epoxide rings is 1. The molecule has 1 aliphatic rings. The van der Waals surface area contributed by atoms with E-state index in [9.17, 15) is 15.0 Å². The maximum absolute atomic E-state index is 10.3. The first-order valence-electron chi connectivity index (χ1n) is 9.50. The van der Waals surface area contributed by atoms with Gasteiger partial charge < -0.3 is 19.7 Å². The molecule has 3 unspecified atom stereocenters. The number of ether oxygens (including phenoxy) is 1. The van der Waals surface area contributed by atoms with Crippen molar-refractivity contribution in [2.45, 2.75) is 70.2 Å². The number of hydrogen-bond acceptors (Lipinski definition) is 4. The summed E-state index contributed by atoms with van der Waals surface area (Å²) in [7, 11) is 0. The summed E-state index contributed by atoms with van der Waals surface area (Å²) in [4.78, 5) is 10.3. The summed E-state index contributed by atoms with van der Waals surface area (Å²) in [5.41, 5.74) is 0. The Labute approximate surface area is 157 Å². The second-order valence-corrected chi connectivity index (χ2v) is 6.33. The van der Waals surface area contributed by atoms with Crippen molar-refractivity contribution in [3.05, 3.63) is 60.8 Å². The lowest BCUT2D eigenvalue weighted by molar-refractivity contribution is -0.305. The Kier molecular flexibility index (Phi) is 12.2. The van der Waals surface area contributed by atoms with E-state index in [1.807, 2.05) is 54.7 Å². The van der Waals surface area contributed by atoms with Gasteiger partial charge in [0.2, 0.25) is 0 Å². The normalized spacial score (nSPS) is 21.8. The van der Waals surface area contributed by atoms with E-state index >= 15 is 0 Å². The molecule has 1 rings (SSSR count). The molecule has 4 nitrogen and oxygen atoms in total. The first-order chi connectivity index (χ1) is 12.6. The minimum atomic E-state index is -0.967. The molecule has 0 aromatic rings. The molecule has 4 heteroatoms. The quantitative estimate of drug-likeness (QED) is 0.223. The standard InChI is InChI=1S/C22H32O4/c1-2-3-9-14-19(23)15-10-6-4-5-7-11-16-20-21(26-20)17-12-8-13-18-22(24)25/h3-7,9-11,15-16,19-21,23H,2,8,12-14,17-18H2,1H3,(H,24,25)/p-1/b6-4-,7-5+,9-3-,15-10+,16-11+. The molecular weight excluding hydrogens is 328 g/mol. The van der Waals surface area contributed by atoms with E-state index in [2.05, 4.69) is 6.92 Å². The molecule has 0 radical (unpaired) electrons. The average molecular weight is 359 g/mol. The molecule has 0 aliphatic carbocycles. The number of carboxylic acids is 1. The first kappa shape index (κ1) is 22.1. The van der Waals surface area contributed by atoms with E-state index in [1.165, 1.54) is 0 Å². The molecule has 1 fully saturated rings. The number of aliphatic hydroxyl groups excluding tert-OH is 1. The van der Waals surface area contributed by atoms with Gasteiger partial charge in [-0.25, -0.2) is 0 Å². The molecule has 0 saturated carbocycles. The van der Waals surface area contributed by atoms with E-state index in [4.69, 9.17) is 4.74 Å². The molecule has 1 N–H and O–H groups in total. The lowest BCUT2D eigenvalue weighted by Crippen LogP contribution is -2.21. The van der Waals surface area contributed by atoms with Crippen molar-refractivity contribution in [3.63, 3.8) is 0 Å². The van der Waals surface area contributed by atoms with Crippen molar-refractivity contribution in [2.75, 3.05) is 0 Å². The molecule has 0 spiro atoms. The highest BCUT2D eigenvalue weighted by Crippen LogP contribution is 2.28. The van der Waals surface area contributed by atoms with Gasteiger partial charge in [-0.3, -0.25) is 0 Å². The molecule has 0 aromatic carbocycles. The number of unbranched alkanes of at least 4 members (excludes halogenated alkanes) is 2. The number of aliphatic hydroxyl groups is 1. The zero-order chi connectivity index (χ0) is 19.0. The summed E-state index contributed by atoms with van der Waals surface area (Å²) in [6.45, 7) is 2.07. The SMILES string of the molecule is CC/C=C\CC(O)/C=C/C=C\C=C\C=C\C1OC1CCCCCC(=O)[O-]. The fourth-order valence-electron chi connectivity index (χ4n) is 2.45. The van der Waals surface area contributed by atoms with Gasteiger partial charge in [-0.05, 0) is 32.1 Å². The van der Waals surface area contributed by atoms with Crippen LogP contribution in [0.2, 0.25) is 0 Å². The monoisotopic (exact) mass is 359 g/mol. The zero-order valence-electron chi connectivity index (χ0n) is 15.6. The third kappa shape index (κ3) is 12.5. The Balaban J connectivity index is 2.06. The van der Waals surface area contributed by atoms with Crippen LogP contribution in [-0.2, 0) is 9.53 Å². The lowest BCUT2D eigenvalue weighted by atomic mass is 10.1. The van der Waals surface area contributed by atoms with Crippen LogP contribution < -0.4 is 5.11 Å². The van der Waals surface area contributed by atoms with Gasteiger partial charge in [0.05, 0.1) is 12.2 Å². The number of carbonyl (C=O) groups excluding carboxylic acids is 1. The molecule has 144 valence electrons. The fourth-order valence-corrected chi connectivity index (χ4v) is 2.45. The summed E-state index contributed by atoms with van der Waals surface area (Å²) < 4.78 is 5.54. The summed E-state index contributed by atoms with van der Waals surface area (Å²) in [6.07, 6.45) is 24.7. The Morgan fingerprint density at radius 1 is 1.08 bits per heavy atom. The van der Waals surface area contributed by atoms with Crippen LogP contribution in [0.3, 0.4) is 0 Å². The van der Waals surface area contributed by atoms with Crippen molar-refractivity contribution < 1.29 is 19.7 Å². The Morgan fingerprint density at radius 3 is 2.54 bits per heavy atom. The molecule has 1 saturated heterocycles. The van der Waals surface area contributed by atoms with Crippen LogP contribution in [0.1, 0.15) is 51.9 Å². The largest absolute Gasteiger partial charge is 0.550 e. The van der Waals surface area contributed by atoms with Crippen molar-refractivity contribution in [1.82, 2.24) is 0 Å². The first-order valence-corrected chi connectivity index (χ1v) is 9.50. The maximum atomic E-state index is 10.3. The minimum absolute atomic E-state index is 0.150. The third-order valence-electron chi connectivity index (χ3n) is 3.96. The smallest absolute Gasteiger partial charge is 0.103 e. The van der Waals surface area contributed by atoms with Gasteiger partial charge in [-0.15, -0.1) is 0 Å². The van der Waals surface area contributed by atoms with E-state index in [-0.39, 0.29) is 18.6 Å². The number of carbonyl (C=O) groups is 1. The fraction of sp³-hybridized carbons (Fsp3) is 0.500. The van der Waals surface area contributed by atoms with Gasteiger partial charge in [0.25, 0.3) is 0 Å². The van der Waals surface area contributed by atoms with Crippen LogP contribution in [0.4, 0.5) is 0 Å². The van der Waals surface area contributed by atoms with Crippen LogP contribution in [0.15, 0.2) is 60.8 Å². The third-order valence-corrected chi connectivity index (χ3v) is 3.96. The number of aliphatic carboxylic acids is 1. The van der Waals surface area contributed by atoms with Crippen LogP contribution in [0, 0.1) is 0 Å². The Bertz CT molecular complexity index is 528. The highest BCUT2D eigenvalue weighted by atomic mass is 16.6. The number of hydrogen-bond donors (Lipinski definition) is 1. The van der Waals surface area contributed by atoms with Gasteiger partial charge in [-0.2, -0.15) is 0 Å². The van der Waals surface area contributed by atoms with Crippen LogP contribution in [-0.4, -0.2) is 29.4 Å². The van der Waals surface area contributed by atoms with Gasteiger partial charge >= 0.3 is 0 Å². The number of carboxylic acid groups (broad SMARTS) is 1. The van der Waals surface area contributed by atoms with Gasteiger partial charge in [0.15, 0.2) is 0 Å². The molecule has 1 aliphatic heterocycles. The second kappa shape index (κ2) is 14.3. The molecule has 0 bridgehead atoms. The Morgan fingerprint density at radius 2 is 1.81 bits per heavy atom. The summed E-state index contributed by atoms with van der Waals surface area (Å²) in [6, 6.07) is 0. The lowest BCUT2D eigenvalue weighted by Gasteiger charge is -2.00. The summed E-state index contributed by atoms with van der Waals surface area (Å²) in [5.74, 6) is -0.967. The molecule has 1 heterocycles. The molecule has 0 amide bonds. The predicted molar refractivity (Wildman–Crippen MR) is 103 cm³/mol. The van der Waals surface area contributed by atoms with Gasteiger partial charge in [0, 0.05) is 5.97 Å². The zero-order valence-corrected chi connectivity index (χ0v) is 15.6. The van der Waals surface area contributed by atoms with E-state index in [1.54, 1.807) is 6.08 Å². The number of allylic oxidation sites excluding steroid dienone is 7. The van der Waals surface area contributed by atoms with E-state index in [0.717, 1.165) is 25.7 Å². The van der Waals surface area contributed by atoms with Gasteiger partial charge in [0.1, 0.15) is 6.10 Å². The average Bonchev–Trinajstić information content (AvgIpc) is 3.35. The van der Waals surface area contributed by atoms with Crippen molar-refractivity contribution >= 4 is 5.97 Å². The predicted octanol–water partition coefficient (Wildman–Crippen LogP) is 3.40. The minimum Gasteiger partial charge on any atom is -0.550 e. The van der Waals surface area contributed by atoms with Crippen molar-refractivity contribution in [3.8, 4) is 0 Å². The number of rotatable bonds is 14. The van der Waals surface area contributed by atoms with Crippen molar-refractivity contribution in [1.29, 1.82) is 0 Å². The summed E-state index contributed by atoms with van der Waals surface area (Å²) >= 11 is 0.